The zero-order valence-corrected chi connectivity index (χ0v) is 24.4. The molecule has 1 atom stereocenters. The Kier molecular flexibility index (Phi) is 7.54. The largest absolute Gasteiger partial charge is 0.396 e. The van der Waals surface area contributed by atoms with Crippen molar-refractivity contribution in [2.24, 2.45) is 5.41 Å². The smallest absolute Gasteiger partial charge is 0.261 e. The molecule has 0 saturated carbocycles. The summed E-state index contributed by atoms with van der Waals surface area (Å²) in [7, 11) is 0. The molecular weight excluding hydrogens is 598 g/mol. The molecule has 2 aromatic carbocycles. The Morgan fingerprint density at radius 2 is 1.78 bits per heavy atom. The maximum Gasteiger partial charge on any atom is 0.261 e. The third-order valence-electron chi connectivity index (χ3n) is 7.45. The van der Waals surface area contributed by atoms with Gasteiger partial charge in [-0.1, -0.05) is 49.8 Å². The van der Waals surface area contributed by atoms with Gasteiger partial charge in [-0.05, 0) is 52.4 Å². The van der Waals surface area contributed by atoms with E-state index < -0.39 is 23.1 Å². The van der Waals surface area contributed by atoms with Gasteiger partial charge in [-0.3, -0.25) is 19.3 Å². The molecule has 41 heavy (non-hydrogen) atoms. The fraction of sp³-hybridized carbons (Fsp3) is 0.345. The highest BCUT2D eigenvalue weighted by atomic mass is 79.9. The van der Waals surface area contributed by atoms with Gasteiger partial charge in [0, 0.05) is 25.2 Å². The van der Waals surface area contributed by atoms with E-state index in [9.17, 15) is 23.2 Å². The molecule has 0 bridgehead atoms. The number of nitrogens with zero attached hydrogens (tertiary/aromatic N) is 5. The highest BCUT2D eigenvalue weighted by Crippen LogP contribution is 2.36. The lowest BCUT2D eigenvalue weighted by Crippen LogP contribution is -2.44. The Morgan fingerprint density at radius 1 is 1.12 bits per heavy atom. The number of hydrogen-bond acceptors (Lipinski definition) is 6. The number of nitrogen functional groups attached to an aromatic ring is 1. The number of carbonyl (C=O) groups excluding carboxylic acids is 3. The lowest BCUT2D eigenvalue weighted by molar-refractivity contribution is -0.138. The van der Waals surface area contributed by atoms with Gasteiger partial charge in [-0.15, -0.1) is 5.10 Å². The van der Waals surface area contributed by atoms with Crippen molar-refractivity contribution in [1.82, 2.24) is 24.8 Å². The molecule has 3 amide bonds. The van der Waals surface area contributed by atoms with E-state index in [0.29, 0.717) is 37.1 Å². The van der Waals surface area contributed by atoms with E-state index in [1.54, 1.807) is 29.2 Å². The number of nitrogens with two attached hydrogens (primary N) is 1. The third kappa shape index (κ3) is 5.28. The highest BCUT2D eigenvalue weighted by Gasteiger charge is 2.38. The molecule has 0 aliphatic carbocycles. The van der Waals surface area contributed by atoms with E-state index in [-0.39, 0.29) is 45.7 Å². The Balaban J connectivity index is 1.28. The first kappa shape index (κ1) is 28.6. The van der Waals surface area contributed by atoms with Crippen LogP contribution < -0.4 is 5.73 Å². The normalized spacial score (nSPS) is 16.2. The number of hydrogen-bond donors (Lipinski definition) is 1. The molecule has 0 fully saturated rings. The number of imide groups is 1. The molecule has 214 valence electrons. The molecule has 0 spiro atoms. The molecule has 1 unspecified atom stereocenters. The molecular formula is C29H29BrF2N6O3. The predicted molar refractivity (Wildman–Crippen MR) is 152 cm³/mol. The molecule has 1 aromatic heterocycles. The minimum Gasteiger partial charge on any atom is -0.396 e. The van der Waals surface area contributed by atoms with Crippen molar-refractivity contribution >= 4 is 39.3 Å². The van der Waals surface area contributed by atoms with E-state index in [4.69, 9.17) is 5.73 Å². The molecule has 3 heterocycles. The van der Waals surface area contributed by atoms with Gasteiger partial charge in [0.25, 0.3) is 11.8 Å². The molecule has 5 rings (SSSR count). The summed E-state index contributed by atoms with van der Waals surface area (Å²) in [6.45, 7) is 6.79. The number of anilines is 1. The number of benzene rings is 2. The van der Waals surface area contributed by atoms with Crippen LogP contribution in [0, 0.1) is 17.0 Å². The lowest BCUT2D eigenvalue weighted by atomic mass is 9.85. The Hall–Kier alpha value is -3.93. The van der Waals surface area contributed by atoms with Gasteiger partial charge in [-0.25, -0.2) is 13.5 Å². The summed E-state index contributed by atoms with van der Waals surface area (Å²) in [5.41, 5.74) is 7.13. The number of carbonyl (C=O) groups is 3. The second-order valence-electron chi connectivity index (χ2n) is 11.3. The van der Waals surface area contributed by atoms with Crippen molar-refractivity contribution in [3.05, 3.63) is 75.4 Å². The zero-order valence-electron chi connectivity index (χ0n) is 22.8. The summed E-state index contributed by atoms with van der Waals surface area (Å²) >= 11 is 2.84. The number of halogens is 3. The van der Waals surface area contributed by atoms with Gasteiger partial charge < -0.3 is 10.6 Å². The number of amides is 3. The monoisotopic (exact) mass is 626 g/mol. The summed E-state index contributed by atoms with van der Waals surface area (Å²) in [4.78, 5) is 42.1. The van der Waals surface area contributed by atoms with Crippen LogP contribution in [0.5, 0.6) is 0 Å². The van der Waals surface area contributed by atoms with Crippen molar-refractivity contribution in [2.75, 3.05) is 25.4 Å². The first-order valence-electron chi connectivity index (χ1n) is 13.2. The van der Waals surface area contributed by atoms with E-state index in [1.807, 2.05) is 26.8 Å². The fourth-order valence-corrected chi connectivity index (χ4v) is 5.56. The van der Waals surface area contributed by atoms with Crippen molar-refractivity contribution in [2.45, 2.75) is 39.7 Å². The molecule has 2 N–H and O–H groups in total. The van der Waals surface area contributed by atoms with E-state index in [2.05, 4.69) is 26.2 Å². The first-order valence-corrected chi connectivity index (χ1v) is 13.9. The van der Waals surface area contributed by atoms with Crippen LogP contribution in [0.2, 0.25) is 0 Å². The number of fused-ring (bicyclic) bond motifs is 1. The minimum atomic E-state index is -0.933. The van der Waals surface area contributed by atoms with Crippen LogP contribution in [0.1, 0.15) is 60.4 Å². The van der Waals surface area contributed by atoms with Crippen LogP contribution in [0.15, 0.2) is 52.7 Å². The summed E-state index contributed by atoms with van der Waals surface area (Å²) in [6.07, 6.45) is 4.56. The zero-order chi connectivity index (χ0) is 29.6. The van der Waals surface area contributed by atoms with Gasteiger partial charge in [-0.2, -0.15) is 0 Å². The summed E-state index contributed by atoms with van der Waals surface area (Å²) in [6, 6.07) is 7.13. The van der Waals surface area contributed by atoms with Crippen LogP contribution in [-0.4, -0.2) is 62.1 Å². The standard InChI is InChI=1S/C29H29BrF2N6O3/c1-29(2,3)25(38-15-21(34-35-38)19-14-20(31)22(30)23(32)24(19)33)28(41)36-11-8-16(9-12-36)10-13-37-26(39)17-6-4-5-7-18(17)27(37)40/h4-8,14-15,25H,9-13,33H2,1-3H3. The average molecular weight is 627 g/mol. The van der Waals surface area contributed by atoms with Crippen molar-refractivity contribution in [3.63, 3.8) is 0 Å². The molecule has 3 aromatic rings. The van der Waals surface area contributed by atoms with Crippen molar-refractivity contribution in [1.29, 1.82) is 0 Å². The van der Waals surface area contributed by atoms with E-state index in [0.717, 1.165) is 11.6 Å². The molecule has 9 nitrogen and oxygen atoms in total. The molecule has 0 saturated heterocycles. The number of rotatable bonds is 6. The van der Waals surface area contributed by atoms with Crippen LogP contribution in [0.25, 0.3) is 11.3 Å². The predicted octanol–water partition coefficient (Wildman–Crippen LogP) is 5.00. The molecule has 12 heteroatoms. The van der Waals surface area contributed by atoms with Gasteiger partial charge in [0.1, 0.15) is 17.6 Å². The van der Waals surface area contributed by atoms with E-state index >= 15 is 0 Å². The Morgan fingerprint density at radius 3 is 2.37 bits per heavy atom. The second-order valence-corrected chi connectivity index (χ2v) is 12.0. The maximum atomic E-state index is 14.4. The van der Waals surface area contributed by atoms with Crippen molar-refractivity contribution in [3.8, 4) is 11.3 Å². The third-order valence-corrected chi connectivity index (χ3v) is 8.18. The topological polar surface area (TPSA) is 114 Å². The van der Waals surface area contributed by atoms with Crippen LogP contribution >= 0.6 is 15.9 Å². The van der Waals surface area contributed by atoms with Gasteiger partial charge in [0.05, 0.1) is 27.5 Å². The van der Waals surface area contributed by atoms with E-state index in [1.165, 1.54) is 15.8 Å². The average Bonchev–Trinajstić information content (AvgIpc) is 3.51. The van der Waals surface area contributed by atoms with Gasteiger partial charge >= 0.3 is 0 Å². The quantitative estimate of drug-likeness (QED) is 0.178. The maximum absolute atomic E-state index is 14.4. The van der Waals surface area contributed by atoms with Crippen LogP contribution in [0.3, 0.4) is 0 Å². The van der Waals surface area contributed by atoms with Gasteiger partial charge in [0.2, 0.25) is 5.91 Å². The molecule has 2 aliphatic rings. The van der Waals surface area contributed by atoms with Crippen LogP contribution in [-0.2, 0) is 4.79 Å². The Labute approximate surface area is 244 Å². The van der Waals surface area contributed by atoms with Crippen LogP contribution in [0.4, 0.5) is 14.5 Å². The molecule has 2 aliphatic heterocycles. The summed E-state index contributed by atoms with van der Waals surface area (Å²) in [5, 5.41) is 8.20. The van der Waals surface area contributed by atoms with Gasteiger partial charge in [0.15, 0.2) is 5.82 Å². The Bertz CT molecular complexity index is 1560. The first-order chi connectivity index (χ1) is 19.4. The second kappa shape index (κ2) is 10.8. The summed E-state index contributed by atoms with van der Waals surface area (Å²) < 4.78 is 29.6. The molecule has 0 radical (unpaired) electrons. The fourth-order valence-electron chi connectivity index (χ4n) is 5.24. The lowest BCUT2D eigenvalue weighted by Gasteiger charge is -2.35. The SMILES string of the molecule is CC(C)(C)C(C(=O)N1CC=C(CCN2C(=O)c3ccccc3C2=O)CC1)n1cc(-c2cc(F)c(Br)c(F)c2N)nn1. The minimum absolute atomic E-state index is 0.0400. The van der Waals surface area contributed by atoms with Crippen molar-refractivity contribution < 1.29 is 23.2 Å². The highest BCUT2D eigenvalue weighted by molar-refractivity contribution is 9.10. The summed E-state index contributed by atoms with van der Waals surface area (Å²) in [5.74, 6) is -2.50. The number of aromatic nitrogens is 3.